The molecule has 0 saturated carbocycles. The molecule has 3 N–H and O–H groups in total. The van der Waals surface area contributed by atoms with Crippen LogP contribution in [0.1, 0.15) is 53.0 Å². The zero-order valence-corrected chi connectivity index (χ0v) is 16.7. The van der Waals surface area contributed by atoms with Gasteiger partial charge in [0.15, 0.2) is 0 Å². The summed E-state index contributed by atoms with van der Waals surface area (Å²) in [4.78, 5) is 53.1. The van der Waals surface area contributed by atoms with Crippen LogP contribution in [0.25, 0.3) is 0 Å². The van der Waals surface area contributed by atoms with E-state index in [9.17, 15) is 19.2 Å². The van der Waals surface area contributed by atoms with Gasteiger partial charge in [0.25, 0.3) is 11.8 Å². The minimum Gasteiger partial charge on any atom is -0.327 e. The van der Waals surface area contributed by atoms with Gasteiger partial charge in [0.1, 0.15) is 6.04 Å². The van der Waals surface area contributed by atoms with Gasteiger partial charge in [0.2, 0.25) is 11.8 Å². The van der Waals surface area contributed by atoms with E-state index in [1.54, 1.807) is 12.1 Å². The number of nitrogens with one attached hydrogen (secondary N) is 1. The van der Waals surface area contributed by atoms with Crippen LogP contribution >= 0.6 is 0 Å². The second kappa shape index (κ2) is 7.35. The lowest BCUT2D eigenvalue weighted by atomic mass is 9.86. The molecule has 3 atom stereocenters. The van der Waals surface area contributed by atoms with Crippen molar-refractivity contribution >= 4 is 23.6 Å². The maximum Gasteiger partial charge on any atom is 0.262 e. The number of piperidine rings is 2. The number of imide groups is 2. The van der Waals surface area contributed by atoms with Crippen LogP contribution in [0.5, 0.6) is 0 Å². The molecular formula is C21H26N4O4. The van der Waals surface area contributed by atoms with E-state index < -0.39 is 23.8 Å². The summed E-state index contributed by atoms with van der Waals surface area (Å²) < 4.78 is 0. The average molecular weight is 398 g/mol. The van der Waals surface area contributed by atoms with Crippen molar-refractivity contribution in [3.8, 4) is 0 Å². The van der Waals surface area contributed by atoms with Crippen LogP contribution in [-0.4, -0.2) is 58.6 Å². The molecule has 0 spiro atoms. The number of rotatable bonds is 3. The van der Waals surface area contributed by atoms with Crippen LogP contribution in [0.4, 0.5) is 0 Å². The van der Waals surface area contributed by atoms with Crippen molar-refractivity contribution in [3.05, 3.63) is 34.9 Å². The minimum atomic E-state index is -0.944. The number of nitrogens with two attached hydrogens (primary N) is 1. The van der Waals surface area contributed by atoms with E-state index in [1.807, 2.05) is 6.07 Å². The van der Waals surface area contributed by atoms with Gasteiger partial charge in [-0.3, -0.25) is 34.3 Å². The zero-order valence-electron chi connectivity index (χ0n) is 16.7. The maximum atomic E-state index is 13.2. The molecule has 3 unspecified atom stereocenters. The fraction of sp³-hybridized carbons (Fsp3) is 0.524. The average Bonchev–Trinajstić information content (AvgIpc) is 2.92. The van der Waals surface area contributed by atoms with Crippen LogP contribution in [-0.2, 0) is 16.1 Å². The molecule has 1 aromatic rings. The van der Waals surface area contributed by atoms with E-state index in [-0.39, 0.29) is 24.8 Å². The zero-order chi connectivity index (χ0) is 20.9. The molecule has 3 aliphatic heterocycles. The van der Waals surface area contributed by atoms with Gasteiger partial charge >= 0.3 is 0 Å². The first-order valence-corrected chi connectivity index (χ1v) is 10.1. The molecular weight excluding hydrogens is 372 g/mol. The molecule has 3 aliphatic rings. The lowest BCUT2D eigenvalue weighted by Gasteiger charge is -2.39. The third-order valence-corrected chi connectivity index (χ3v) is 6.35. The van der Waals surface area contributed by atoms with Crippen molar-refractivity contribution in [2.24, 2.45) is 17.6 Å². The van der Waals surface area contributed by atoms with E-state index in [1.165, 1.54) is 0 Å². The molecule has 4 amide bonds. The molecule has 154 valence electrons. The highest BCUT2D eigenvalue weighted by Gasteiger charge is 2.45. The quantitative estimate of drug-likeness (QED) is 0.717. The number of likely N-dealkylation sites (tertiary alicyclic amines) is 1. The van der Waals surface area contributed by atoms with Gasteiger partial charge in [-0.1, -0.05) is 26.0 Å². The standard InChI is InChI=1S/C21H26N4O4/c1-11-8-24(9-12(2)18(11)22)10-13-4-3-5-14-17(13)21(29)25(20(14)28)15-6-7-16(26)23-19(15)27/h3-5,11-12,15,18H,6-10,22H2,1-2H3,(H,23,26,27). The lowest BCUT2D eigenvalue weighted by molar-refractivity contribution is -0.136. The lowest BCUT2D eigenvalue weighted by Crippen LogP contribution is -2.54. The second-order valence-corrected chi connectivity index (χ2v) is 8.51. The summed E-state index contributed by atoms with van der Waals surface area (Å²) in [7, 11) is 0. The van der Waals surface area contributed by atoms with E-state index in [2.05, 4.69) is 24.1 Å². The van der Waals surface area contributed by atoms with Crippen molar-refractivity contribution in [3.63, 3.8) is 0 Å². The van der Waals surface area contributed by atoms with Crippen molar-refractivity contribution in [2.75, 3.05) is 13.1 Å². The Hall–Kier alpha value is -2.58. The highest BCUT2D eigenvalue weighted by Crippen LogP contribution is 2.31. The van der Waals surface area contributed by atoms with Crippen LogP contribution in [0.15, 0.2) is 18.2 Å². The predicted molar refractivity (Wildman–Crippen MR) is 105 cm³/mol. The largest absolute Gasteiger partial charge is 0.327 e. The van der Waals surface area contributed by atoms with Gasteiger partial charge in [0.05, 0.1) is 11.1 Å². The molecule has 0 aliphatic carbocycles. The van der Waals surface area contributed by atoms with E-state index in [0.29, 0.717) is 29.5 Å². The number of hydrogen-bond donors (Lipinski definition) is 2. The Bertz CT molecular complexity index is 887. The Morgan fingerprint density at radius 2 is 1.76 bits per heavy atom. The molecule has 1 aromatic carbocycles. The Labute approximate surface area is 169 Å². The fourth-order valence-electron chi connectivity index (χ4n) is 4.78. The van der Waals surface area contributed by atoms with Crippen molar-refractivity contribution in [2.45, 2.75) is 45.3 Å². The van der Waals surface area contributed by atoms with E-state index in [4.69, 9.17) is 5.73 Å². The number of carbonyl (C=O) groups is 4. The summed E-state index contributed by atoms with van der Waals surface area (Å²) in [6, 6.07) is 4.47. The number of carbonyl (C=O) groups excluding carboxylic acids is 4. The number of fused-ring (bicyclic) bond motifs is 1. The first-order chi connectivity index (χ1) is 13.8. The summed E-state index contributed by atoms with van der Waals surface area (Å²) in [6.07, 6.45) is 0.269. The van der Waals surface area contributed by atoms with E-state index in [0.717, 1.165) is 23.6 Å². The molecule has 0 bridgehead atoms. The summed E-state index contributed by atoms with van der Waals surface area (Å²) in [5.41, 5.74) is 7.72. The first kappa shape index (κ1) is 19.7. The van der Waals surface area contributed by atoms with Gasteiger partial charge in [-0.05, 0) is 29.9 Å². The molecule has 3 heterocycles. The van der Waals surface area contributed by atoms with Crippen LogP contribution in [0.3, 0.4) is 0 Å². The molecule has 8 heteroatoms. The first-order valence-electron chi connectivity index (χ1n) is 10.1. The second-order valence-electron chi connectivity index (χ2n) is 8.51. The molecule has 2 saturated heterocycles. The third kappa shape index (κ3) is 3.36. The van der Waals surface area contributed by atoms with Gasteiger partial charge in [-0.25, -0.2) is 0 Å². The smallest absolute Gasteiger partial charge is 0.262 e. The Balaban J connectivity index is 1.60. The number of amides is 4. The number of nitrogens with zero attached hydrogens (tertiary/aromatic N) is 2. The fourth-order valence-corrected chi connectivity index (χ4v) is 4.78. The molecule has 4 rings (SSSR count). The molecule has 0 aromatic heterocycles. The summed E-state index contributed by atoms with van der Waals surface area (Å²) in [6.45, 7) is 6.46. The monoisotopic (exact) mass is 398 g/mol. The van der Waals surface area contributed by atoms with Crippen LogP contribution in [0.2, 0.25) is 0 Å². The third-order valence-electron chi connectivity index (χ3n) is 6.35. The van der Waals surface area contributed by atoms with Crippen molar-refractivity contribution in [1.82, 2.24) is 15.1 Å². The summed E-state index contributed by atoms with van der Waals surface area (Å²) in [5.74, 6) is -1.21. The van der Waals surface area contributed by atoms with Crippen molar-refractivity contribution in [1.29, 1.82) is 0 Å². The van der Waals surface area contributed by atoms with Crippen LogP contribution < -0.4 is 11.1 Å². The Morgan fingerprint density at radius 3 is 2.41 bits per heavy atom. The molecule has 0 radical (unpaired) electrons. The molecule has 8 nitrogen and oxygen atoms in total. The minimum absolute atomic E-state index is 0.112. The normalized spacial score (nSPS) is 30.5. The highest BCUT2D eigenvalue weighted by molar-refractivity contribution is 6.24. The van der Waals surface area contributed by atoms with Crippen molar-refractivity contribution < 1.29 is 19.2 Å². The highest BCUT2D eigenvalue weighted by atomic mass is 16.2. The summed E-state index contributed by atoms with van der Waals surface area (Å²) >= 11 is 0. The van der Waals surface area contributed by atoms with E-state index >= 15 is 0 Å². The predicted octanol–water partition coefficient (Wildman–Crippen LogP) is 0.503. The topological polar surface area (TPSA) is 113 Å². The molecule has 2 fully saturated rings. The number of benzene rings is 1. The Kier molecular flexibility index (Phi) is 5.00. The van der Waals surface area contributed by atoms with Gasteiger partial charge < -0.3 is 5.73 Å². The van der Waals surface area contributed by atoms with Gasteiger partial charge in [0, 0.05) is 32.1 Å². The van der Waals surface area contributed by atoms with Crippen LogP contribution in [0, 0.1) is 11.8 Å². The molecule has 29 heavy (non-hydrogen) atoms. The number of hydrogen-bond acceptors (Lipinski definition) is 6. The maximum absolute atomic E-state index is 13.2. The SMILES string of the molecule is CC1CN(Cc2cccc3c2C(=O)N(C2CCC(=O)NC2=O)C3=O)CC(C)C1N. The Morgan fingerprint density at radius 1 is 1.07 bits per heavy atom. The van der Waals surface area contributed by atoms with Gasteiger partial charge in [-0.15, -0.1) is 0 Å². The van der Waals surface area contributed by atoms with Gasteiger partial charge in [-0.2, -0.15) is 0 Å². The summed E-state index contributed by atoms with van der Waals surface area (Å²) in [5, 5.41) is 2.22.